The van der Waals surface area contributed by atoms with Crippen molar-refractivity contribution < 1.29 is 0 Å². The second-order valence-electron chi connectivity index (χ2n) is 4.93. The van der Waals surface area contributed by atoms with Gasteiger partial charge in [-0.15, -0.1) is 0 Å². The van der Waals surface area contributed by atoms with Crippen LogP contribution in [0.3, 0.4) is 0 Å². The lowest BCUT2D eigenvalue weighted by molar-refractivity contribution is 0.717. The highest BCUT2D eigenvalue weighted by Gasteiger charge is 2.08. The lowest BCUT2D eigenvalue weighted by atomic mass is 10.1. The van der Waals surface area contributed by atoms with Gasteiger partial charge in [0.05, 0.1) is 0 Å². The summed E-state index contributed by atoms with van der Waals surface area (Å²) in [7, 11) is 0. The quantitative estimate of drug-likeness (QED) is 0.852. The molecule has 4 heteroatoms. The van der Waals surface area contributed by atoms with Crippen LogP contribution in [0, 0.1) is 20.8 Å². The van der Waals surface area contributed by atoms with Crippen molar-refractivity contribution in [2.75, 3.05) is 6.54 Å². The van der Waals surface area contributed by atoms with Gasteiger partial charge in [0.15, 0.2) is 5.16 Å². The average molecular weight is 287 g/mol. The zero-order chi connectivity index (χ0) is 14.5. The van der Waals surface area contributed by atoms with Gasteiger partial charge >= 0.3 is 0 Å². The molecular formula is C16H21N3S. The second kappa shape index (κ2) is 6.86. The number of aromatic nitrogens is 2. The van der Waals surface area contributed by atoms with Crippen molar-refractivity contribution in [1.29, 1.82) is 0 Å². The highest BCUT2D eigenvalue weighted by atomic mass is 32.2. The summed E-state index contributed by atoms with van der Waals surface area (Å²) in [5.74, 6) is 0. The lowest BCUT2D eigenvalue weighted by Gasteiger charge is -2.10. The highest BCUT2D eigenvalue weighted by Crippen LogP contribution is 2.29. The summed E-state index contributed by atoms with van der Waals surface area (Å²) in [5.41, 5.74) is 4.61. The predicted molar refractivity (Wildman–Crippen MR) is 84.2 cm³/mol. The first-order chi connectivity index (χ1) is 9.58. The van der Waals surface area contributed by atoms with Gasteiger partial charge in [0, 0.05) is 22.8 Å². The highest BCUT2D eigenvalue weighted by molar-refractivity contribution is 7.99. The van der Waals surface area contributed by atoms with Crippen LogP contribution in [0.15, 0.2) is 34.3 Å². The van der Waals surface area contributed by atoms with Gasteiger partial charge in [-0.1, -0.05) is 24.6 Å². The van der Waals surface area contributed by atoms with E-state index in [-0.39, 0.29) is 0 Å². The fraction of sp³-hybridized carbons (Fsp3) is 0.375. The molecule has 0 radical (unpaired) electrons. The Morgan fingerprint density at radius 2 is 1.75 bits per heavy atom. The Morgan fingerprint density at radius 3 is 2.40 bits per heavy atom. The van der Waals surface area contributed by atoms with Gasteiger partial charge in [-0.05, 0) is 56.8 Å². The standard InChI is InChI=1S/C16H21N3S/c1-5-17-10-14-8-11(2)6-7-15(14)20-16-18-12(3)9-13(4)19-16/h6-9,17H,5,10H2,1-4H3. The molecule has 106 valence electrons. The van der Waals surface area contributed by atoms with Gasteiger partial charge < -0.3 is 5.32 Å². The molecule has 0 unspecified atom stereocenters. The van der Waals surface area contributed by atoms with Crippen LogP contribution >= 0.6 is 11.8 Å². The van der Waals surface area contributed by atoms with E-state index in [2.05, 4.69) is 47.3 Å². The molecular weight excluding hydrogens is 266 g/mol. The molecule has 0 aliphatic carbocycles. The van der Waals surface area contributed by atoms with E-state index in [1.54, 1.807) is 11.8 Å². The molecule has 0 spiro atoms. The van der Waals surface area contributed by atoms with Crippen LogP contribution < -0.4 is 5.32 Å². The first-order valence-electron chi connectivity index (χ1n) is 6.89. The Hall–Kier alpha value is -1.39. The molecule has 0 aliphatic rings. The van der Waals surface area contributed by atoms with E-state index in [1.165, 1.54) is 16.0 Å². The third kappa shape index (κ3) is 4.05. The second-order valence-corrected chi connectivity index (χ2v) is 5.94. The molecule has 0 amide bonds. The summed E-state index contributed by atoms with van der Waals surface area (Å²) in [4.78, 5) is 10.2. The van der Waals surface area contributed by atoms with Gasteiger partial charge in [0.2, 0.25) is 0 Å². The monoisotopic (exact) mass is 287 g/mol. The van der Waals surface area contributed by atoms with Crippen molar-refractivity contribution >= 4 is 11.8 Å². The third-order valence-electron chi connectivity index (χ3n) is 2.94. The summed E-state index contributed by atoms with van der Waals surface area (Å²) in [6, 6.07) is 8.53. The summed E-state index contributed by atoms with van der Waals surface area (Å²) >= 11 is 1.64. The van der Waals surface area contributed by atoms with E-state index in [0.717, 1.165) is 29.6 Å². The summed E-state index contributed by atoms with van der Waals surface area (Å²) in [6.45, 7) is 10.1. The Labute approximate surface area is 125 Å². The molecule has 0 atom stereocenters. The van der Waals surface area contributed by atoms with Gasteiger partial charge in [-0.3, -0.25) is 0 Å². The summed E-state index contributed by atoms with van der Waals surface area (Å²) in [6.07, 6.45) is 0. The number of aryl methyl sites for hydroxylation is 3. The average Bonchev–Trinajstić information content (AvgIpc) is 2.38. The number of rotatable bonds is 5. The van der Waals surface area contributed by atoms with Crippen LogP contribution in [0.4, 0.5) is 0 Å². The lowest BCUT2D eigenvalue weighted by Crippen LogP contribution is -2.12. The maximum atomic E-state index is 4.50. The zero-order valence-electron chi connectivity index (χ0n) is 12.5. The normalized spacial score (nSPS) is 10.8. The van der Waals surface area contributed by atoms with Crippen LogP contribution in [-0.4, -0.2) is 16.5 Å². The first kappa shape index (κ1) is 15.0. The minimum atomic E-state index is 0.823. The topological polar surface area (TPSA) is 37.8 Å². The number of benzene rings is 1. The van der Waals surface area contributed by atoms with Crippen LogP contribution in [0.25, 0.3) is 0 Å². The molecule has 1 N–H and O–H groups in total. The van der Waals surface area contributed by atoms with Gasteiger partial charge in [-0.25, -0.2) is 9.97 Å². The summed E-state index contributed by atoms with van der Waals surface area (Å²) < 4.78 is 0. The van der Waals surface area contributed by atoms with Crippen molar-refractivity contribution in [3.63, 3.8) is 0 Å². The first-order valence-corrected chi connectivity index (χ1v) is 7.70. The summed E-state index contributed by atoms with van der Waals surface area (Å²) in [5, 5.41) is 4.21. The number of nitrogens with one attached hydrogen (secondary N) is 1. The molecule has 0 saturated heterocycles. The predicted octanol–water partition coefficient (Wildman–Crippen LogP) is 3.66. The van der Waals surface area contributed by atoms with Gasteiger partial charge in [-0.2, -0.15) is 0 Å². The third-order valence-corrected chi connectivity index (χ3v) is 3.93. The molecule has 20 heavy (non-hydrogen) atoms. The Morgan fingerprint density at radius 1 is 1.05 bits per heavy atom. The molecule has 0 fully saturated rings. The molecule has 1 aromatic heterocycles. The minimum Gasteiger partial charge on any atom is -0.313 e. The number of hydrogen-bond acceptors (Lipinski definition) is 4. The maximum Gasteiger partial charge on any atom is 0.192 e. The van der Waals surface area contributed by atoms with E-state index in [0.29, 0.717) is 0 Å². The van der Waals surface area contributed by atoms with E-state index in [4.69, 9.17) is 0 Å². The van der Waals surface area contributed by atoms with Crippen LogP contribution in [0.2, 0.25) is 0 Å². The van der Waals surface area contributed by atoms with Crippen LogP contribution in [0.5, 0.6) is 0 Å². The molecule has 1 heterocycles. The van der Waals surface area contributed by atoms with E-state index in [1.807, 2.05) is 19.9 Å². The van der Waals surface area contributed by atoms with E-state index in [9.17, 15) is 0 Å². The van der Waals surface area contributed by atoms with Crippen molar-refractivity contribution in [2.24, 2.45) is 0 Å². The molecule has 0 bridgehead atoms. The molecule has 2 aromatic rings. The molecule has 1 aromatic carbocycles. The molecule has 0 aliphatic heterocycles. The molecule has 0 saturated carbocycles. The Bertz CT molecular complexity index is 576. The minimum absolute atomic E-state index is 0.823. The largest absolute Gasteiger partial charge is 0.313 e. The molecule has 2 rings (SSSR count). The Kier molecular flexibility index (Phi) is 5.15. The number of nitrogens with zero attached hydrogens (tertiary/aromatic N) is 2. The maximum absolute atomic E-state index is 4.50. The van der Waals surface area contributed by atoms with Crippen molar-refractivity contribution in [2.45, 2.75) is 44.3 Å². The van der Waals surface area contributed by atoms with E-state index >= 15 is 0 Å². The van der Waals surface area contributed by atoms with E-state index < -0.39 is 0 Å². The Balaban J connectivity index is 2.27. The van der Waals surface area contributed by atoms with Gasteiger partial charge in [0.1, 0.15) is 0 Å². The van der Waals surface area contributed by atoms with Crippen molar-refractivity contribution in [3.05, 3.63) is 46.8 Å². The molecule has 3 nitrogen and oxygen atoms in total. The van der Waals surface area contributed by atoms with Gasteiger partial charge in [0.25, 0.3) is 0 Å². The van der Waals surface area contributed by atoms with Crippen molar-refractivity contribution in [3.8, 4) is 0 Å². The van der Waals surface area contributed by atoms with Crippen LogP contribution in [-0.2, 0) is 6.54 Å². The van der Waals surface area contributed by atoms with Crippen molar-refractivity contribution in [1.82, 2.24) is 15.3 Å². The SMILES string of the molecule is CCNCc1cc(C)ccc1Sc1nc(C)cc(C)n1. The smallest absolute Gasteiger partial charge is 0.192 e. The fourth-order valence-electron chi connectivity index (χ4n) is 2.04. The number of hydrogen-bond donors (Lipinski definition) is 1. The van der Waals surface area contributed by atoms with Crippen LogP contribution in [0.1, 0.15) is 29.4 Å². The zero-order valence-corrected chi connectivity index (χ0v) is 13.3. The fourth-order valence-corrected chi connectivity index (χ4v) is 3.02.